The molecule has 0 bridgehead atoms. The minimum Gasteiger partial charge on any atom is -0.457 e. The van der Waals surface area contributed by atoms with Gasteiger partial charge in [-0.05, 0) is 64.2 Å². The second kappa shape index (κ2) is 5.59. The van der Waals surface area contributed by atoms with E-state index in [2.05, 4.69) is 47.7 Å². The molecule has 2 aromatic rings. The highest BCUT2D eigenvalue weighted by Crippen LogP contribution is 2.42. The average molecular weight is 286 g/mol. The molecule has 3 heteroatoms. The van der Waals surface area contributed by atoms with Crippen LogP contribution in [0.5, 0.6) is 11.5 Å². The molecule has 1 nitrogen and oxygen atoms in total. The van der Waals surface area contributed by atoms with Gasteiger partial charge in [-0.1, -0.05) is 12.2 Å². The van der Waals surface area contributed by atoms with Gasteiger partial charge in [-0.15, -0.1) is 12.6 Å². The Morgan fingerprint density at radius 3 is 1.84 bits per heavy atom. The smallest absolute Gasteiger partial charge is 0.127 e. The van der Waals surface area contributed by atoms with Crippen molar-refractivity contribution < 1.29 is 4.74 Å². The van der Waals surface area contributed by atoms with Crippen LogP contribution >= 0.6 is 23.5 Å². The number of rotatable bonds is 3. The fraction of sp³-hybridized carbons (Fsp3) is 0. The summed E-state index contributed by atoms with van der Waals surface area (Å²) in [5.41, 5.74) is 0. The lowest BCUT2D eigenvalue weighted by Crippen LogP contribution is -1.84. The second-order valence-corrected chi connectivity index (χ2v) is 6.62. The molecule has 0 unspecified atom stereocenters. The topological polar surface area (TPSA) is 9.23 Å². The first-order valence-electron chi connectivity index (χ1n) is 6.01. The van der Waals surface area contributed by atoms with Gasteiger partial charge in [-0.2, -0.15) is 10.9 Å². The van der Waals surface area contributed by atoms with E-state index in [1.165, 1.54) is 4.90 Å². The van der Waals surface area contributed by atoms with Crippen LogP contribution in [-0.4, -0.2) is 0 Å². The van der Waals surface area contributed by atoms with E-state index in [-0.39, 0.29) is 10.9 Å². The fourth-order valence-corrected chi connectivity index (χ4v) is 3.50. The predicted octanol–water partition coefficient (Wildman–Crippen LogP) is 5.17. The number of hydrogen-bond donors (Lipinski definition) is 2. The van der Waals surface area contributed by atoms with E-state index in [4.69, 9.17) is 4.74 Å². The van der Waals surface area contributed by atoms with Crippen LogP contribution in [-0.2, 0) is 0 Å². The van der Waals surface area contributed by atoms with Gasteiger partial charge in [0, 0.05) is 4.90 Å². The van der Waals surface area contributed by atoms with Gasteiger partial charge in [0.2, 0.25) is 0 Å². The van der Waals surface area contributed by atoms with Crippen molar-refractivity contribution in [2.24, 2.45) is 0 Å². The summed E-state index contributed by atoms with van der Waals surface area (Å²) in [5, 5.41) is 4.49. The highest BCUT2D eigenvalue weighted by Gasteiger charge is 2.03. The van der Waals surface area contributed by atoms with Crippen LogP contribution in [0.25, 0.3) is 0 Å². The van der Waals surface area contributed by atoms with Crippen LogP contribution < -0.4 is 4.74 Å². The molecule has 0 radical (unpaired) electrons. The summed E-state index contributed by atoms with van der Waals surface area (Å²) in [5.74, 6) is 1.69. The van der Waals surface area contributed by atoms with Gasteiger partial charge in [-0.25, -0.2) is 0 Å². The molecule has 1 aliphatic rings. The molecule has 1 aliphatic heterocycles. The minimum atomic E-state index is -0.243. The molecule has 2 aromatic carbocycles. The molecule has 0 atom stereocenters. The maximum Gasteiger partial charge on any atom is 0.127 e. The van der Waals surface area contributed by atoms with Crippen molar-refractivity contribution in [1.29, 1.82) is 0 Å². The molecular formula is C16H14OS2. The average Bonchev–Trinajstić information content (AvgIpc) is 2.96. The Morgan fingerprint density at radius 2 is 1.26 bits per heavy atom. The number of hydrogen-bond acceptors (Lipinski definition) is 2. The molecule has 0 N–H and O–H groups in total. The van der Waals surface area contributed by atoms with Crippen molar-refractivity contribution in [1.82, 2.24) is 0 Å². The minimum absolute atomic E-state index is 0.243. The molecule has 0 spiro atoms. The summed E-state index contributed by atoms with van der Waals surface area (Å²) in [6.07, 6.45) is 4.21. The zero-order chi connectivity index (χ0) is 13.1. The summed E-state index contributed by atoms with van der Waals surface area (Å²) in [7, 11) is -0.243. The van der Waals surface area contributed by atoms with Gasteiger partial charge in [-0.3, -0.25) is 0 Å². The van der Waals surface area contributed by atoms with E-state index in [1.54, 1.807) is 0 Å². The third-order valence-corrected chi connectivity index (χ3v) is 4.99. The Hall–Kier alpha value is -1.58. The van der Waals surface area contributed by atoms with Crippen molar-refractivity contribution in [2.75, 3.05) is 0 Å². The van der Waals surface area contributed by atoms with Crippen LogP contribution in [0.1, 0.15) is 0 Å². The Kier molecular flexibility index (Phi) is 3.67. The van der Waals surface area contributed by atoms with E-state index in [0.29, 0.717) is 0 Å². The van der Waals surface area contributed by atoms with E-state index in [1.807, 2.05) is 36.4 Å². The molecule has 1 heterocycles. The van der Waals surface area contributed by atoms with Crippen LogP contribution in [0.2, 0.25) is 0 Å². The van der Waals surface area contributed by atoms with E-state index < -0.39 is 0 Å². The molecule has 19 heavy (non-hydrogen) atoms. The van der Waals surface area contributed by atoms with Gasteiger partial charge < -0.3 is 4.74 Å². The lowest BCUT2D eigenvalue weighted by Gasteiger charge is -2.11. The monoisotopic (exact) mass is 286 g/mol. The Balaban J connectivity index is 1.73. The van der Waals surface area contributed by atoms with Gasteiger partial charge >= 0.3 is 0 Å². The lowest BCUT2D eigenvalue weighted by atomic mass is 10.3. The van der Waals surface area contributed by atoms with Gasteiger partial charge in [0.25, 0.3) is 0 Å². The molecule has 0 aromatic heterocycles. The zero-order valence-corrected chi connectivity index (χ0v) is 12.0. The normalized spacial score (nSPS) is 14.9. The zero-order valence-electron chi connectivity index (χ0n) is 10.2. The summed E-state index contributed by atoms with van der Waals surface area (Å²) in [6, 6.07) is 16.0. The first-order chi connectivity index (χ1) is 9.31. The van der Waals surface area contributed by atoms with Crippen molar-refractivity contribution in [3.8, 4) is 11.5 Å². The number of allylic oxidation sites excluding steroid dienone is 2. The maximum absolute atomic E-state index is 5.79. The molecule has 0 saturated heterocycles. The molecule has 0 amide bonds. The van der Waals surface area contributed by atoms with Crippen LogP contribution in [0, 0.1) is 0 Å². The molecule has 0 saturated carbocycles. The number of benzene rings is 2. The van der Waals surface area contributed by atoms with E-state index in [9.17, 15) is 0 Å². The molecule has 0 fully saturated rings. The molecule has 3 rings (SSSR count). The summed E-state index contributed by atoms with van der Waals surface area (Å²) in [4.78, 5) is 2.28. The maximum atomic E-state index is 5.79. The molecular weight excluding hydrogens is 272 g/mol. The van der Waals surface area contributed by atoms with E-state index >= 15 is 0 Å². The van der Waals surface area contributed by atoms with Crippen LogP contribution in [0.3, 0.4) is 0 Å². The number of ether oxygens (including phenoxy) is 1. The SMILES string of the molecule is Sc1ccc(Oc2ccc([SH]3C=CC=C3)cc2)cc1. The molecule has 0 aliphatic carbocycles. The highest BCUT2D eigenvalue weighted by molar-refractivity contribution is 8.22. The largest absolute Gasteiger partial charge is 0.457 e. The summed E-state index contributed by atoms with van der Waals surface area (Å²) < 4.78 is 5.79. The van der Waals surface area contributed by atoms with Crippen molar-refractivity contribution in [3.63, 3.8) is 0 Å². The highest BCUT2D eigenvalue weighted by atomic mass is 32.2. The molecule has 96 valence electrons. The van der Waals surface area contributed by atoms with Crippen molar-refractivity contribution in [2.45, 2.75) is 9.79 Å². The predicted molar refractivity (Wildman–Crippen MR) is 85.7 cm³/mol. The van der Waals surface area contributed by atoms with Gasteiger partial charge in [0.05, 0.1) is 0 Å². The first-order valence-corrected chi connectivity index (χ1v) is 7.94. The van der Waals surface area contributed by atoms with Gasteiger partial charge in [0.1, 0.15) is 11.5 Å². The van der Waals surface area contributed by atoms with Crippen molar-refractivity contribution >= 4 is 23.5 Å². The van der Waals surface area contributed by atoms with Crippen molar-refractivity contribution in [3.05, 3.63) is 71.5 Å². The number of thiol groups is 2. The van der Waals surface area contributed by atoms with Gasteiger partial charge in [0.15, 0.2) is 0 Å². The van der Waals surface area contributed by atoms with Crippen LogP contribution in [0.4, 0.5) is 0 Å². The Morgan fingerprint density at radius 1 is 0.737 bits per heavy atom. The fourth-order valence-electron chi connectivity index (χ4n) is 1.84. The first kappa shape index (κ1) is 12.5. The second-order valence-electron chi connectivity index (χ2n) is 4.18. The van der Waals surface area contributed by atoms with Crippen LogP contribution in [0.15, 0.2) is 81.3 Å². The summed E-state index contributed by atoms with van der Waals surface area (Å²) in [6.45, 7) is 0. The Labute approximate surface area is 121 Å². The Bertz CT molecular complexity index is 600. The standard InChI is InChI=1S/C16H14OS2/c18-15-7-3-13(4-8-15)17-14-5-9-16(10-6-14)19-11-1-2-12-19/h1-12,18-19H. The van der Waals surface area contributed by atoms with E-state index in [0.717, 1.165) is 16.4 Å². The lowest BCUT2D eigenvalue weighted by molar-refractivity contribution is 0.482. The quantitative estimate of drug-likeness (QED) is 0.740. The third kappa shape index (κ3) is 3.06. The summed E-state index contributed by atoms with van der Waals surface area (Å²) >= 11 is 4.25. The third-order valence-electron chi connectivity index (χ3n) is 2.81.